The molecule has 0 spiro atoms. The number of hydrogen-bond acceptors (Lipinski definition) is 3. The number of unbranched alkanes of at least 4 members (excludes halogenated alkanes) is 4. The summed E-state index contributed by atoms with van der Waals surface area (Å²) in [5.74, 6) is -12.1. The molecule has 0 radical (unpaired) electrons. The van der Waals surface area contributed by atoms with Crippen LogP contribution in [0.3, 0.4) is 0 Å². The fraction of sp³-hybridized carbons (Fsp3) is 0.222. The van der Waals surface area contributed by atoms with Gasteiger partial charge in [0.25, 0.3) is 0 Å². The molecule has 12 heteroatoms. The van der Waals surface area contributed by atoms with Gasteiger partial charge >= 0.3 is 6.11 Å². The molecule has 0 aliphatic heterocycles. The van der Waals surface area contributed by atoms with Gasteiger partial charge in [0.15, 0.2) is 23.3 Å². The zero-order valence-electron chi connectivity index (χ0n) is 25.4. The van der Waals surface area contributed by atoms with Crippen molar-refractivity contribution in [2.45, 2.75) is 51.6 Å². The average molecular weight is 675 g/mol. The number of benzene rings is 4. The average Bonchev–Trinajstić information content (AvgIpc) is 3.03. The maximum absolute atomic E-state index is 15.2. The van der Waals surface area contributed by atoms with Gasteiger partial charge in [0.05, 0.1) is 0 Å². The van der Waals surface area contributed by atoms with Gasteiger partial charge in [-0.15, -0.1) is 0 Å². The van der Waals surface area contributed by atoms with Crippen LogP contribution in [-0.4, -0.2) is 9.97 Å². The number of ether oxygens (including phenoxy) is 1. The highest BCUT2D eigenvalue weighted by Gasteiger charge is 2.41. The molecule has 4 aromatic carbocycles. The predicted molar refractivity (Wildman–Crippen MR) is 161 cm³/mol. The third kappa shape index (κ3) is 7.64. The van der Waals surface area contributed by atoms with Crippen molar-refractivity contribution in [1.82, 2.24) is 9.97 Å². The summed E-state index contributed by atoms with van der Waals surface area (Å²) >= 11 is 0. The fourth-order valence-electron chi connectivity index (χ4n) is 5.17. The van der Waals surface area contributed by atoms with E-state index in [0.717, 1.165) is 43.4 Å². The van der Waals surface area contributed by atoms with Gasteiger partial charge in [0, 0.05) is 41.2 Å². The van der Waals surface area contributed by atoms with Crippen LogP contribution < -0.4 is 4.74 Å². The summed E-state index contributed by atoms with van der Waals surface area (Å²) in [5.41, 5.74) is -1.36. The van der Waals surface area contributed by atoms with E-state index in [1.807, 2.05) is 0 Å². The first-order valence-corrected chi connectivity index (χ1v) is 15.0. The second-order valence-corrected chi connectivity index (χ2v) is 11.1. The molecule has 1 heterocycles. The second-order valence-electron chi connectivity index (χ2n) is 11.1. The number of nitrogens with zero attached hydrogens (tertiary/aromatic N) is 2. The maximum Gasteiger partial charge on any atom is 0.432 e. The second kappa shape index (κ2) is 14.5. The molecule has 0 aliphatic carbocycles. The minimum absolute atomic E-state index is 0.00562. The Balaban J connectivity index is 1.33. The molecule has 0 unspecified atom stereocenters. The molecule has 0 aliphatic rings. The smallest absolute Gasteiger partial charge is 0.429 e. The number of aryl methyl sites for hydroxylation is 1. The number of hydrogen-bond donors (Lipinski definition) is 0. The molecule has 0 fully saturated rings. The quantitative estimate of drug-likeness (QED) is 0.0751. The van der Waals surface area contributed by atoms with Crippen molar-refractivity contribution in [3.63, 3.8) is 0 Å². The Kier molecular flexibility index (Phi) is 10.4. The molecule has 250 valence electrons. The summed E-state index contributed by atoms with van der Waals surface area (Å²) < 4.78 is 134. The summed E-state index contributed by atoms with van der Waals surface area (Å²) in [6.45, 7) is 2.15. The van der Waals surface area contributed by atoms with E-state index in [9.17, 15) is 30.7 Å². The molecule has 0 N–H and O–H groups in total. The zero-order chi connectivity index (χ0) is 34.6. The van der Waals surface area contributed by atoms with E-state index in [1.165, 1.54) is 31.0 Å². The summed E-state index contributed by atoms with van der Waals surface area (Å²) in [6.07, 6.45) is 5.09. The monoisotopic (exact) mass is 674 g/mol. The summed E-state index contributed by atoms with van der Waals surface area (Å²) in [7, 11) is 0. The minimum atomic E-state index is -4.81. The van der Waals surface area contributed by atoms with Gasteiger partial charge in [-0.2, -0.15) is 8.78 Å². The molecule has 0 bridgehead atoms. The van der Waals surface area contributed by atoms with Crippen molar-refractivity contribution >= 4 is 0 Å². The van der Waals surface area contributed by atoms with E-state index in [4.69, 9.17) is 0 Å². The highest BCUT2D eigenvalue weighted by molar-refractivity contribution is 5.73. The lowest BCUT2D eigenvalue weighted by Crippen LogP contribution is -2.25. The molecule has 48 heavy (non-hydrogen) atoms. The summed E-state index contributed by atoms with van der Waals surface area (Å²) in [4.78, 5) is 8.67. The number of rotatable bonds is 12. The predicted octanol–water partition coefficient (Wildman–Crippen LogP) is 11.1. The standard InChI is InChI=1S/C36H27F9N2O/c1-2-3-4-5-6-7-20-18-46-35(47-19-20)22-9-11-25(28(38)13-22)21-8-10-26(27(37)12-21)23-14-29(39)33(30(40)15-23)36(44,45)48-24-16-31(41)34(43)32(42)17-24/h8-19H,2-7H2,1H3. The van der Waals surface area contributed by atoms with Crippen molar-refractivity contribution < 1.29 is 44.3 Å². The lowest BCUT2D eigenvalue weighted by molar-refractivity contribution is -0.189. The van der Waals surface area contributed by atoms with E-state index in [0.29, 0.717) is 23.5 Å². The van der Waals surface area contributed by atoms with E-state index < -0.39 is 69.3 Å². The summed E-state index contributed by atoms with van der Waals surface area (Å²) in [5, 5.41) is 0. The van der Waals surface area contributed by atoms with Gasteiger partial charge in [-0.1, -0.05) is 56.9 Å². The number of alkyl halides is 2. The highest BCUT2D eigenvalue weighted by Crippen LogP contribution is 2.39. The van der Waals surface area contributed by atoms with Crippen LogP contribution >= 0.6 is 0 Å². The van der Waals surface area contributed by atoms with Gasteiger partial charge in [-0.25, -0.2) is 40.7 Å². The van der Waals surface area contributed by atoms with Crippen LogP contribution in [0.2, 0.25) is 0 Å². The Morgan fingerprint density at radius 3 is 1.69 bits per heavy atom. The molecule has 0 saturated carbocycles. The zero-order valence-corrected chi connectivity index (χ0v) is 25.4. The highest BCUT2D eigenvalue weighted by atomic mass is 19.3. The first-order chi connectivity index (χ1) is 22.9. The molecule has 3 nitrogen and oxygen atoms in total. The molecule has 5 rings (SSSR count). The van der Waals surface area contributed by atoms with Gasteiger partial charge < -0.3 is 4.74 Å². The maximum atomic E-state index is 15.2. The Hall–Kier alpha value is -4.87. The van der Waals surface area contributed by atoms with Gasteiger partial charge in [0.1, 0.15) is 34.6 Å². The molecule has 0 saturated heterocycles. The SMILES string of the molecule is CCCCCCCc1cnc(-c2ccc(-c3ccc(-c4cc(F)c(C(F)(F)Oc5cc(F)c(F)c(F)c5)c(F)c4)c(F)c3)c(F)c2)nc1. The van der Waals surface area contributed by atoms with Crippen molar-refractivity contribution in [2.24, 2.45) is 0 Å². The Bertz CT molecular complexity index is 1880. The lowest BCUT2D eigenvalue weighted by Gasteiger charge is -2.20. The number of halogens is 9. The topological polar surface area (TPSA) is 35.0 Å². The van der Waals surface area contributed by atoms with Crippen LogP contribution in [0.15, 0.2) is 73.1 Å². The normalized spacial score (nSPS) is 11.6. The van der Waals surface area contributed by atoms with Crippen molar-refractivity contribution in [3.05, 3.63) is 125 Å². The van der Waals surface area contributed by atoms with Crippen molar-refractivity contribution in [2.75, 3.05) is 0 Å². The summed E-state index contributed by atoms with van der Waals surface area (Å²) in [6, 6.07) is 8.41. The first kappa shape index (κ1) is 34.5. The fourth-order valence-corrected chi connectivity index (χ4v) is 5.17. The Labute approximate surface area is 270 Å². The van der Waals surface area contributed by atoms with Crippen LogP contribution in [-0.2, 0) is 12.5 Å². The van der Waals surface area contributed by atoms with Crippen LogP contribution in [0.1, 0.15) is 50.2 Å². The molecule has 1 aromatic heterocycles. The van der Waals surface area contributed by atoms with Gasteiger partial charge in [0.2, 0.25) is 0 Å². The Morgan fingerprint density at radius 1 is 0.583 bits per heavy atom. The third-order valence-electron chi connectivity index (χ3n) is 7.63. The van der Waals surface area contributed by atoms with Crippen molar-refractivity contribution in [3.8, 4) is 39.4 Å². The molecular formula is C36H27F9N2O. The minimum Gasteiger partial charge on any atom is -0.429 e. The first-order valence-electron chi connectivity index (χ1n) is 15.0. The van der Waals surface area contributed by atoms with E-state index in [2.05, 4.69) is 21.6 Å². The number of aromatic nitrogens is 2. The lowest BCUT2D eigenvalue weighted by atomic mass is 9.97. The van der Waals surface area contributed by atoms with Crippen molar-refractivity contribution in [1.29, 1.82) is 0 Å². The third-order valence-corrected chi connectivity index (χ3v) is 7.63. The van der Waals surface area contributed by atoms with Crippen LogP contribution in [0, 0.1) is 40.7 Å². The van der Waals surface area contributed by atoms with Crippen LogP contribution in [0.5, 0.6) is 5.75 Å². The van der Waals surface area contributed by atoms with Gasteiger partial charge in [-0.05, 0) is 53.8 Å². The van der Waals surface area contributed by atoms with E-state index in [1.54, 1.807) is 18.5 Å². The van der Waals surface area contributed by atoms with E-state index in [-0.39, 0.29) is 23.3 Å². The molecule has 0 amide bonds. The molecule has 0 atom stereocenters. The largest absolute Gasteiger partial charge is 0.432 e. The molecule has 5 aromatic rings. The van der Waals surface area contributed by atoms with Crippen LogP contribution in [0.25, 0.3) is 33.6 Å². The van der Waals surface area contributed by atoms with Gasteiger partial charge in [-0.3, -0.25) is 0 Å². The Morgan fingerprint density at radius 2 is 1.10 bits per heavy atom. The van der Waals surface area contributed by atoms with Crippen LogP contribution in [0.4, 0.5) is 39.5 Å². The van der Waals surface area contributed by atoms with E-state index >= 15 is 8.78 Å². The molecular weight excluding hydrogens is 647 g/mol.